The lowest BCUT2D eigenvalue weighted by atomic mass is 9.87. The summed E-state index contributed by atoms with van der Waals surface area (Å²) >= 11 is 0. The van der Waals surface area contributed by atoms with E-state index in [9.17, 15) is 13.2 Å². The Kier molecular flexibility index (Phi) is 4.76. The molecule has 0 aliphatic heterocycles. The van der Waals surface area contributed by atoms with E-state index in [4.69, 9.17) is 9.47 Å². The van der Waals surface area contributed by atoms with Gasteiger partial charge in [0, 0.05) is 14.2 Å². The van der Waals surface area contributed by atoms with Crippen LogP contribution in [0, 0.1) is 0 Å². The summed E-state index contributed by atoms with van der Waals surface area (Å²) in [5.74, 6) is 0. The minimum absolute atomic E-state index is 0.222. The maximum absolute atomic E-state index is 13.3. The molecule has 0 aromatic heterocycles. The number of benzene rings is 1. The lowest BCUT2D eigenvalue weighted by Gasteiger charge is -2.39. The Labute approximate surface area is 105 Å². The molecule has 0 spiro atoms. The first-order chi connectivity index (χ1) is 8.43. The molecule has 2 nitrogen and oxygen atoms in total. The minimum Gasteiger partial charge on any atom is -0.373 e. The van der Waals surface area contributed by atoms with Crippen LogP contribution in [-0.4, -0.2) is 26.0 Å². The van der Waals surface area contributed by atoms with Gasteiger partial charge in [0.1, 0.15) is 6.10 Å². The second-order valence-electron chi connectivity index (χ2n) is 3.97. The van der Waals surface area contributed by atoms with Crippen molar-refractivity contribution in [2.75, 3.05) is 14.2 Å². The van der Waals surface area contributed by atoms with E-state index in [0.717, 1.165) is 7.11 Å². The molecule has 18 heavy (non-hydrogen) atoms. The highest BCUT2D eigenvalue weighted by Crippen LogP contribution is 2.46. The third-order valence-electron chi connectivity index (χ3n) is 3.13. The highest BCUT2D eigenvalue weighted by atomic mass is 19.4. The van der Waals surface area contributed by atoms with E-state index in [1.165, 1.54) is 14.0 Å². The summed E-state index contributed by atoms with van der Waals surface area (Å²) in [4.78, 5) is 0. The molecule has 0 amide bonds. The van der Waals surface area contributed by atoms with Crippen LogP contribution in [0.4, 0.5) is 13.2 Å². The van der Waals surface area contributed by atoms with Gasteiger partial charge in [0.05, 0.1) is 0 Å². The first kappa shape index (κ1) is 15.0. The van der Waals surface area contributed by atoms with E-state index in [-0.39, 0.29) is 6.42 Å². The molecular weight excluding hydrogens is 245 g/mol. The van der Waals surface area contributed by atoms with Gasteiger partial charge in [-0.15, -0.1) is 0 Å². The Bertz CT molecular complexity index is 358. The van der Waals surface area contributed by atoms with Crippen molar-refractivity contribution < 1.29 is 22.6 Å². The minimum atomic E-state index is -4.51. The van der Waals surface area contributed by atoms with Crippen LogP contribution in [0.15, 0.2) is 30.3 Å². The van der Waals surface area contributed by atoms with E-state index >= 15 is 0 Å². The predicted octanol–water partition coefficient (Wildman–Crippen LogP) is 3.73. The van der Waals surface area contributed by atoms with E-state index < -0.39 is 17.9 Å². The van der Waals surface area contributed by atoms with E-state index in [2.05, 4.69) is 0 Å². The summed E-state index contributed by atoms with van der Waals surface area (Å²) in [6.45, 7) is 1.44. The Balaban J connectivity index is 3.26. The SMILES string of the molecule is CCC(OC)(C(OC)c1ccccc1)C(F)(F)F. The van der Waals surface area contributed by atoms with Crippen molar-refractivity contribution in [1.82, 2.24) is 0 Å². The second-order valence-corrected chi connectivity index (χ2v) is 3.97. The fourth-order valence-electron chi connectivity index (χ4n) is 2.13. The number of ether oxygens (including phenoxy) is 2. The monoisotopic (exact) mass is 262 g/mol. The van der Waals surface area contributed by atoms with Gasteiger partial charge in [0.2, 0.25) is 0 Å². The molecular formula is C13H17F3O2. The highest BCUT2D eigenvalue weighted by molar-refractivity contribution is 5.22. The summed E-state index contributed by atoms with van der Waals surface area (Å²) in [6, 6.07) is 8.29. The van der Waals surface area contributed by atoms with Gasteiger partial charge in [-0.3, -0.25) is 0 Å². The topological polar surface area (TPSA) is 18.5 Å². The predicted molar refractivity (Wildman–Crippen MR) is 62.3 cm³/mol. The van der Waals surface area contributed by atoms with Crippen molar-refractivity contribution in [1.29, 1.82) is 0 Å². The Morgan fingerprint density at radius 2 is 1.67 bits per heavy atom. The number of methoxy groups -OCH3 is 2. The molecule has 0 radical (unpaired) electrons. The van der Waals surface area contributed by atoms with Crippen LogP contribution >= 0.6 is 0 Å². The first-order valence-corrected chi connectivity index (χ1v) is 5.62. The third kappa shape index (κ3) is 2.52. The molecule has 0 bridgehead atoms. The molecule has 0 aliphatic carbocycles. The van der Waals surface area contributed by atoms with Gasteiger partial charge >= 0.3 is 6.18 Å². The Morgan fingerprint density at radius 3 is 2.00 bits per heavy atom. The number of alkyl halides is 3. The zero-order chi connectivity index (χ0) is 13.8. The van der Waals surface area contributed by atoms with Crippen molar-refractivity contribution in [3.8, 4) is 0 Å². The molecule has 0 fully saturated rings. The van der Waals surface area contributed by atoms with Crippen molar-refractivity contribution in [2.45, 2.75) is 31.2 Å². The maximum Gasteiger partial charge on any atom is 0.420 e. The van der Waals surface area contributed by atoms with Crippen LogP contribution < -0.4 is 0 Å². The van der Waals surface area contributed by atoms with Crippen LogP contribution in [0.3, 0.4) is 0 Å². The number of hydrogen-bond acceptors (Lipinski definition) is 2. The summed E-state index contributed by atoms with van der Waals surface area (Å²) in [7, 11) is 2.32. The smallest absolute Gasteiger partial charge is 0.373 e. The summed E-state index contributed by atoms with van der Waals surface area (Å²) in [6.07, 6.45) is -5.92. The molecule has 1 aromatic rings. The fourth-order valence-corrected chi connectivity index (χ4v) is 2.13. The van der Waals surface area contributed by atoms with Gasteiger partial charge in [0.15, 0.2) is 5.60 Å². The molecule has 0 aliphatic rings. The lowest BCUT2D eigenvalue weighted by molar-refractivity contribution is -0.306. The van der Waals surface area contributed by atoms with Gasteiger partial charge in [-0.05, 0) is 12.0 Å². The first-order valence-electron chi connectivity index (χ1n) is 5.62. The van der Waals surface area contributed by atoms with Gasteiger partial charge in [-0.1, -0.05) is 37.3 Å². The molecule has 0 saturated carbocycles. The van der Waals surface area contributed by atoms with Crippen LogP contribution in [-0.2, 0) is 9.47 Å². The summed E-state index contributed by atoms with van der Waals surface area (Å²) < 4.78 is 49.8. The molecule has 102 valence electrons. The zero-order valence-electron chi connectivity index (χ0n) is 10.6. The summed E-state index contributed by atoms with van der Waals surface area (Å²) in [5.41, 5.74) is -1.88. The zero-order valence-corrected chi connectivity index (χ0v) is 10.6. The number of rotatable bonds is 5. The molecule has 0 N–H and O–H groups in total. The molecule has 0 saturated heterocycles. The molecule has 2 atom stereocenters. The van der Waals surface area contributed by atoms with Gasteiger partial charge in [0.25, 0.3) is 0 Å². The van der Waals surface area contributed by atoms with Gasteiger partial charge in [-0.2, -0.15) is 13.2 Å². The van der Waals surface area contributed by atoms with Crippen molar-refractivity contribution in [3.63, 3.8) is 0 Å². The number of hydrogen-bond donors (Lipinski definition) is 0. The van der Waals surface area contributed by atoms with Crippen molar-refractivity contribution in [2.24, 2.45) is 0 Å². The second kappa shape index (κ2) is 5.71. The standard InChI is InChI=1S/C13H17F3O2/c1-4-12(18-3,13(14,15)16)11(17-2)10-8-6-5-7-9-10/h5-9,11H,4H2,1-3H3. The molecule has 1 aromatic carbocycles. The Hall–Kier alpha value is -1.07. The maximum atomic E-state index is 13.3. The van der Waals surface area contributed by atoms with E-state index in [1.807, 2.05) is 0 Å². The van der Waals surface area contributed by atoms with Crippen molar-refractivity contribution >= 4 is 0 Å². The molecule has 1 rings (SSSR count). The fraction of sp³-hybridized carbons (Fsp3) is 0.538. The Morgan fingerprint density at radius 1 is 1.11 bits per heavy atom. The van der Waals surface area contributed by atoms with Crippen LogP contribution in [0.25, 0.3) is 0 Å². The average molecular weight is 262 g/mol. The average Bonchev–Trinajstić information content (AvgIpc) is 2.35. The van der Waals surface area contributed by atoms with Crippen LogP contribution in [0.5, 0.6) is 0 Å². The largest absolute Gasteiger partial charge is 0.420 e. The van der Waals surface area contributed by atoms with Crippen molar-refractivity contribution in [3.05, 3.63) is 35.9 Å². The molecule has 0 heterocycles. The highest BCUT2D eigenvalue weighted by Gasteiger charge is 2.60. The van der Waals surface area contributed by atoms with Crippen LogP contribution in [0.1, 0.15) is 25.0 Å². The summed E-state index contributed by atoms with van der Waals surface area (Å²) in [5, 5.41) is 0. The van der Waals surface area contributed by atoms with Gasteiger partial charge in [-0.25, -0.2) is 0 Å². The van der Waals surface area contributed by atoms with Gasteiger partial charge < -0.3 is 9.47 Å². The van der Waals surface area contributed by atoms with E-state index in [1.54, 1.807) is 30.3 Å². The quantitative estimate of drug-likeness (QED) is 0.805. The normalized spacial score (nSPS) is 17.2. The molecule has 5 heteroatoms. The lowest BCUT2D eigenvalue weighted by Crippen LogP contribution is -2.51. The third-order valence-corrected chi connectivity index (χ3v) is 3.13. The van der Waals surface area contributed by atoms with Crippen LogP contribution in [0.2, 0.25) is 0 Å². The van der Waals surface area contributed by atoms with E-state index in [0.29, 0.717) is 5.56 Å². The number of halogens is 3. The molecule has 2 unspecified atom stereocenters.